The monoisotopic (exact) mass is 344 g/mol. The normalized spacial score (nSPS) is 11.9. The van der Waals surface area contributed by atoms with E-state index in [2.05, 4.69) is 17.2 Å². The van der Waals surface area contributed by atoms with Gasteiger partial charge in [0.05, 0.1) is 11.3 Å². The summed E-state index contributed by atoms with van der Waals surface area (Å²) in [7, 11) is 0. The molecule has 1 heterocycles. The second-order valence-corrected chi connectivity index (χ2v) is 6.15. The molecule has 0 aliphatic carbocycles. The van der Waals surface area contributed by atoms with Crippen LogP contribution in [0.3, 0.4) is 0 Å². The van der Waals surface area contributed by atoms with Crippen LogP contribution in [0.25, 0.3) is 5.69 Å². The van der Waals surface area contributed by atoms with E-state index < -0.39 is 4.92 Å². The van der Waals surface area contributed by atoms with Gasteiger partial charge in [-0.1, -0.05) is 32.6 Å². The molecule has 2 rings (SSSR count). The lowest BCUT2D eigenvalue weighted by Gasteiger charge is -2.14. The van der Waals surface area contributed by atoms with Crippen molar-refractivity contribution in [3.05, 3.63) is 52.6 Å². The quantitative estimate of drug-likeness (QED) is 0.425. The highest BCUT2D eigenvalue weighted by atomic mass is 16.6. The predicted octanol–water partition coefficient (Wildman–Crippen LogP) is 3.87. The number of imidazole rings is 1. The molecule has 1 unspecified atom stereocenters. The van der Waals surface area contributed by atoms with E-state index in [9.17, 15) is 14.9 Å². The van der Waals surface area contributed by atoms with Gasteiger partial charge in [0.2, 0.25) is 0 Å². The van der Waals surface area contributed by atoms with Gasteiger partial charge in [-0.15, -0.1) is 0 Å². The van der Waals surface area contributed by atoms with Crippen LogP contribution in [0.4, 0.5) is 5.69 Å². The maximum atomic E-state index is 12.4. The molecular weight excluding hydrogens is 320 g/mol. The molecule has 134 valence electrons. The molecule has 0 radical (unpaired) electrons. The average molecular weight is 344 g/mol. The molecular formula is C18H24N4O3. The zero-order valence-electron chi connectivity index (χ0n) is 14.6. The molecule has 0 fully saturated rings. The lowest BCUT2D eigenvalue weighted by atomic mass is 10.1. The first-order valence-electron chi connectivity index (χ1n) is 8.60. The summed E-state index contributed by atoms with van der Waals surface area (Å²) in [6.07, 6.45) is 10.2. The van der Waals surface area contributed by atoms with Gasteiger partial charge < -0.3 is 9.88 Å². The highest BCUT2D eigenvalue weighted by molar-refractivity contribution is 5.95. The van der Waals surface area contributed by atoms with E-state index in [4.69, 9.17) is 0 Å². The molecule has 0 spiro atoms. The minimum Gasteiger partial charge on any atom is -0.350 e. The van der Waals surface area contributed by atoms with Crippen LogP contribution in [0, 0.1) is 10.1 Å². The average Bonchev–Trinajstić information content (AvgIpc) is 3.12. The minimum atomic E-state index is -0.486. The van der Waals surface area contributed by atoms with Crippen LogP contribution >= 0.6 is 0 Å². The molecule has 0 bridgehead atoms. The summed E-state index contributed by atoms with van der Waals surface area (Å²) in [5.74, 6) is -0.289. The summed E-state index contributed by atoms with van der Waals surface area (Å²) in [5, 5.41) is 14.3. The van der Waals surface area contributed by atoms with Crippen LogP contribution < -0.4 is 5.32 Å². The SMILES string of the molecule is CCCCCCC(C)NC(=O)c1ccc(-n2ccnc2)c([N+](=O)[O-])c1. The third-order valence-electron chi connectivity index (χ3n) is 4.09. The number of carbonyl (C=O) groups is 1. The molecule has 7 nitrogen and oxygen atoms in total. The van der Waals surface area contributed by atoms with Crippen LogP contribution in [0.15, 0.2) is 36.9 Å². The maximum absolute atomic E-state index is 12.4. The zero-order valence-corrected chi connectivity index (χ0v) is 14.6. The van der Waals surface area contributed by atoms with Gasteiger partial charge in [0.15, 0.2) is 0 Å². The number of nitrogens with zero attached hydrogens (tertiary/aromatic N) is 3. The molecule has 2 aromatic rings. The van der Waals surface area contributed by atoms with Crippen molar-refractivity contribution in [2.45, 2.75) is 52.0 Å². The Labute approximate surface area is 147 Å². The lowest BCUT2D eigenvalue weighted by Crippen LogP contribution is -2.32. The summed E-state index contributed by atoms with van der Waals surface area (Å²) in [5.41, 5.74) is 0.545. The molecule has 1 amide bonds. The number of rotatable bonds is 9. The summed E-state index contributed by atoms with van der Waals surface area (Å²) >= 11 is 0. The van der Waals surface area contributed by atoms with Gasteiger partial charge in [-0.25, -0.2) is 4.98 Å². The van der Waals surface area contributed by atoms with E-state index in [1.54, 1.807) is 29.1 Å². The first-order valence-corrected chi connectivity index (χ1v) is 8.60. The van der Waals surface area contributed by atoms with Crippen LogP contribution in [-0.4, -0.2) is 26.4 Å². The molecule has 25 heavy (non-hydrogen) atoms. The number of aromatic nitrogens is 2. The van der Waals surface area contributed by atoms with Crippen molar-refractivity contribution >= 4 is 11.6 Å². The predicted molar refractivity (Wildman–Crippen MR) is 95.9 cm³/mol. The molecule has 0 saturated heterocycles. The fourth-order valence-electron chi connectivity index (χ4n) is 2.69. The van der Waals surface area contributed by atoms with E-state index in [0.29, 0.717) is 5.69 Å². The number of nitro groups is 1. The molecule has 1 aromatic carbocycles. The summed E-state index contributed by atoms with van der Waals surface area (Å²) < 4.78 is 1.55. The molecule has 7 heteroatoms. The van der Waals surface area contributed by atoms with Crippen molar-refractivity contribution in [2.24, 2.45) is 0 Å². The minimum absolute atomic E-state index is 0.0386. The molecule has 0 saturated carbocycles. The lowest BCUT2D eigenvalue weighted by molar-refractivity contribution is -0.384. The van der Waals surface area contributed by atoms with Crippen LogP contribution in [0.5, 0.6) is 0 Å². The number of benzene rings is 1. The van der Waals surface area contributed by atoms with Crippen molar-refractivity contribution < 1.29 is 9.72 Å². The second-order valence-electron chi connectivity index (χ2n) is 6.15. The van der Waals surface area contributed by atoms with Crippen molar-refractivity contribution in [2.75, 3.05) is 0 Å². The third-order valence-corrected chi connectivity index (χ3v) is 4.09. The van der Waals surface area contributed by atoms with Crippen LogP contribution in [0.1, 0.15) is 56.3 Å². The zero-order chi connectivity index (χ0) is 18.2. The Morgan fingerprint density at radius 3 is 2.80 bits per heavy atom. The molecule has 1 aromatic heterocycles. The fraction of sp³-hybridized carbons (Fsp3) is 0.444. The van der Waals surface area contributed by atoms with Gasteiger partial charge >= 0.3 is 0 Å². The van der Waals surface area contributed by atoms with Gasteiger partial charge in [0.25, 0.3) is 11.6 Å². The number of nitrogens with one attached hydrogen (secondary N) is 1. The number of unbranched alkanes of at least 4 members (excludes halogenated alkanes) is 3. The summed E-state index contributed by atoms with van der Waals surface area (Å²) in [6, 6.07) is 4.52. The fourth-order valence-corrected chi connectivity index (χ4v) is 2.69. The Kier molecular flexibility index (Phi) is 6.68. The van der Waals surface area contributed by atoms with E-state index in [1.165, 1.54) is 25.2 Å². The molecule has 1 atom stereocenters. The van der Waals surface area contributed by atoms with E-state index in [1.807, 2.05) is 6.92 Å². The summed E-state index contributed by atoms with van der Waals surface area (Å²) in [6.45, 7) is 4.11. The first kappa shape index (κ1) is 18.6. The van der Waals surface area contributed by atoms with Gasteiger partial charge in [-0.2, -0.15) is 0 Å². The van der Waals surface area contributed by atoms with Gasteiger partial charge in [0.1, 0.15) is 5.69 Å². The van der Waals surface area contributed by atoms with Crippen molar-refractivity contribution in [3.63, 3.8) is 0 Å². The molecule has 0 aliphatic heterocycles. The van der Waals surface area contributed by atoms with Gasteiger partial charge in [0, 0.05) is 30.1 Å². The Bertz CT molecular complexity index is 713. The Morgan fingerprint density at radius 2 is 2.16 bits per heavy atom. The van der Waals surface area contributed by atoms with E-state index in [-0.39, 0.29) is 23.2 Å². The number of amides is 1. The molecule has 1 N–H and O–H groups in total. The van der Waals surface area contributed by atoms with Gasteiger partial charge in [-0.05, 0) is 25.5 Å². The highest BCUT2D eigenvalue weighted by Crippen LogP contribution is 2.24. The third kappa shape index (κ3) is 5.14. The van der Waals surface area contributed by atoms with Gasteiger partial charge in [-0.3, -0.25) is 14.9 Å². The second kappa shape index (κ2) is 8.96. The number of hydrogen-bond acceptors (Lipinski definition) is 4. The number of carbonyl (C=O) groups excluding carboxylic acids is 1. The number of hydrogen-bond donors (Lipinski definition) is 1. The van der Waals surface area contributed by atoms with Crippen molar-refractivity contribution in [1.82, 2.24) is 14.9 Å². The largest absolute Gasteiger partial charge is 0.350 e. The maximum Gasteiger partial charge on any atom is 0.294 e. The highest BCUT2D eigenvalue weighted by Gasteiger charge is 2.19. The van der Waals surface area contributed by atoms with Crippen molar-refractivity contribution in [3.8, 4) is 5.69 Å². The standard InChI is InChI=1S/C18H24N4O3/c1-3-4-5-6-7-14(2)20-18(23)15-8-9-16(17(12-15)22(24)25)21-11-10-19-13-21/h8-14H,3-7H2,1-2H3,(H,20,23). The Balaban J connectivity index is 2.07. The topological polar surface area (TPSA) is 90.1 Å². The van der Waals surface area contributed by atoms with E-state index in [0.717, 1.165) is 19.3 Å². The Morgan fingerprint density at radius 1 is 1.36 bits per heavy atom. The summed E-state index contributed by atoms with van der Waals surface area (Å²) in [4.78, 5) is 27.1. The molecule has 0 aliphatic rings. The smallest absolute Gasteiger partial charge is 0.294 e. The van der Waals surface area contributed by atoms with Crippen LogP contribution in [-0.2, 0) is 0 Å². The van der Waals surface area contributed by atoms with Crippen molar-refractivity contribution in [1.29, 1.82) is 0 Å². The first-order chi connectivity index (χ1) is 12.0. The Hall–Kier alpha value is -2.70. The van der Waals surface area contributed by atoms with Crippen LogP contribution in [0.2, 0.25) is 0 Å². The van der Waals surface area contributed by atoms with E-state index >= 15 is 0 Å². The number of nitro benzene ring substituents is 1.